The van der Waals surface area contributed by atoms with Crippen LogP contribution >= 0.6 is 11.6 Å². The molecule has 0 fully saturated rings. The Balaban J connectivity index is 1.88. The molecule has 4 nitrogen and oxygen atoms in total. The number of nitrogens with one attached hydrogen (secondary N) is 1. The fourth-order valence-corrected chi connectivity index (χ4v) is 2.42. The van der Waals surface area contributed by atoms with Crippen molar-refractivity contribution < 1.29 is 9.59 Å². The summed E-state index contributed by atoms with van der Waals surface area (Å²) in [5, 5.41) is 3.21. The van der Waals surface area contributed by atoms with Crippen LogP contribution in [0.4, 0.5) is 0 Å². The summed E-state index contributed by atoms with van der Waals surface area (Å²) in [5.41, 5.74) is 1.49. The van der Waals surface area contributed by atoms with Gasteiger partial charge in [0, 0.05) is 26.6 Å². The van der Waals surface area contributed by atoms with Crippen molar-refractivity contribution in [3.8, 4) is 0 Å². The van der Waals surface area contributed by atoms with Crippen LogP contribution in [0.1, 0.15) is 22.8 Å². The monoisotopic (exact) mass is 330 g/mol. The van der Waals surface area contributed by atoms with E-state index in [1.165, 1.54) is 6.92 Å². The summed E-state index contributed by atoms with van der Waals surface area (Å²) in [7, 11) is 0. The van der Waals surface area contributed by atoms with Crippen molar-refractivity contribution in [2.24, 2.45) is 0 Å². The number of carbonyl (C=O) groups excluding carboxylic acids is 2. The van der Waals surface area contributed by atoms with Crippen molar-refractivity contribution in [2.45, 2.75) is 13.5 Å². The molecule has 0 radical (unpaired) electrons. The van der Waals surface area contributed by atoms with Gasteiger partial charge in [0.15, 0.2) is 0 Å². The summed E-state index contributed by atoms with van der Waals surface area (Å²) >= 11 is 5.99. The molecule has 0 aliphatic carbocycles. The molecular weight excluding hydrogens is 312 g/mol. The Morgan fingerprint density at radius 1 is 1.04 bits per heavy atom. The van der Waals surface area contributed by atoms with Crippen molar-refractivity contribution in [2.75, 3.05) is 13.1 Å². The van der Waals surface area contributed by atoms with Gasteiger partial charge in [0.25, 0.3) is 5.91 Å². The van der Waals surface area contributed by atoms with E-state index in [1.54, 1.807) is 29.2 Å². The molecule has 2 aromatic rings. The Labute approximate surface area is 141 Å². The van der Waals surface area contributed by atoms with Crippen molar-refractivity contribution in [1.82, 2.24) is 10.2 Å². The molecule has 0 bridgehead atoms. The fraction of sp³-hybridized carbons (Fsp3) is 0.222. The molecule has 0 aliphatic heterocycles. The maximum absolute atomic E-state index is 12.1. The highest BCUT2D eigenvalue weighted by Crippen LogP contribution is 2.14. The van der Waals surface area contributed by atoms with Gasteiger partial charge >= 0.3 is 0 Å². The molecule has 0 atom stereocenters. The lowest BCUT2D eigenvalue weighted by Crippen LogP contribution is -2.37. The first-order chi connectivity index (χ1) is 11.1. The number of halogens is 1. The fourth-order valence-electron chi connectivity index (χ4n) is 2.20. The Bertz CT molecular complexity index is 674. The van der Waals surface area contributed by atoms with Gasteiger partial charge in [0.05, 0.1) is 10.6 Å². The quantitative estimate of drug-likeness (QED) is 0.884. The Morgan fingerprint density at radius 2 is 1.70 bits per heavy atom. The molecule has 0 unspecified atom stereocenters. The van der Waals surface area contributed by atoms with Gasteiger partial charge in [-0.3, -0.25) is 9.59 Å². The number of nitrogens with zero attached hydrogens (tertiary/aromatic N) is 1. The molecule has 1 N–H and O–H groups in total. The van der Waals surface area contributed by atoms with Crippen LogP contribution in [0.5, 0.6) is 0 Å². The summed E-state index contributed by atoms with van der Waals surface area (Å²) in [4.78, 5) is 25.5. The predicted molar refractivity (Wildman–Crippen MR) is 91.3 cm³/mol. The zero-order valence-electron chi connectivity index (χ0n) is 13.0. The van der Waals surface area contributed by atoms with Crippen LogP contribution in [0.15, 0.2) is 54.6 Å². The first-order valence-corrected chi connectivity index (χ1v) is 7.78. The van der Waals surface area contributed by atoms with E-state index in [0.717, 1.165) is 5.56 Å². The molecule has 0 spiro atoms. The van der Waals surface area contributed by atoms with Gasteiger partial charge < -0.3 is 10.2 Å². The van der Waals surface area contributed by atoms with Crippen molar-refractivity contribution >= 4 is 23.4 Å². The average molecular weight is 331 g/mol. The smallest absolute Gasteiger partial charge is 0.252 e. The zero-order chi connectivity index (χ0) is 16.7. The number of rotatable bonds is 6. The minimum Gasteiger partial charge on any atom is -0.350 e. The van der Waals surface area contributed by atoms with Crippen LogP contribution < -0.4 is 5.32 Å². The molecule has 2 aromatic carbocycles. The normalized spacial score (nSPS) is 10.2. The van der Waals surface area contributed by atoms with Crippen LogP contribution in [-0.2, 0) is 11.3 Å². The van der Waals surface area contributed by atoms with Gasteiger partial charge in [-0.05, 0) is 17.7 Å². The first-order valence-electron chi connectivity index (χ1n) is 7.40. The SMILES string of the molecule is CC(=O)N(CCNC(=O)c1ccccc1Cl)Cc1ccccc1. The lowest BCUT2D eigenvalue weighted by molar-refractivity contribution is -0.129. The van der Waals surface area contributed by atoms with E-state index in [9.17, 15) is 9.59 Å². The van der Waals surface area contributed by atoms with Gasteiger partial charge in [0.1, 0.15) is 0 Å². The summed E-state index contributed by atoms with van der Waals surface area (Å²) in [5.74, 6) is -0.264. The third-order valence-electron chi connectivity index (χ3n) is 3.45. The number of carbonyl (C=O) groups is 2. The van der Waals surface area contributed by atoms with Gasteiger partial charge in [-0.25, -0.2) is 0 Å². The second-order valence-corrected chi connectivity index (χ2v) is 5.57. The van der Waals surface area contributed by atoms with E-state index < -0.39 is 0 Å². The van der Waals surface area contributed by atoms with Gasteiger partial charge in [-0.15, -0.1) is 0 Å². The summed E-state index contributed by atoms with van der Waals surface area (Å²) in [6.45, 7) is 2.87. The number of hydrogen-bond acceptors (Lipinski definition) is 2. The molecule has 0 aliphatic rings. The number of amides is 2. The van der Waals surface area contributed by atoms with Crippen LogP contribution in [-0.4, -0.2) is 29.8 Å². The summed E-state index contributed by atoms with van der Waals surface area (Å²) < 4.78 is 0. The molecular formula is C18H19ClN2O2. The summed E-state index contributed by atoms with van der Waals surface area (Å²) in [6, 6.07) is 16.6. The third kappa shape index (κ3) is 5.11. The highest BCUT2D eigenvalue weighted by Gasteiger charge is 2.12. The highest BCUT2D eigenvalue weighted by atomic mass is 35.5. The largest absolute Gasteiger partial charge is 0.350 e. The van der Waals surface area contributed by atoms with Crippen molar-refractivity contribution in [1.29, 1.82) is 0 Å². The van der Waals surface area contributed by atoms with E-state index in [4.69, 9.17) is 11.6 Å². The molecule has 0 saturated carbocycles. The minimum atomic E-state index is -0.237. The Hall–Kier alpha value is -2.33. The molecule has 0 saturated heterocycles. The topological polar surface area (TPSA) is 49.4 Å². The van der Waals surface area contributed by atoms with Crippen LogP contribution in [0, 0.1) is 0 Å². The second-order valence-electron chi connectivity index (χ2n) is 5.16. The Morgan fingerprint density at radius 3 is 2.35 bits per heavy atom. The van der Waals surface area contributed by atoms with E-state index in [-0.39, 0.29) is 11.8 Å². The van der Waals surface area contributed by atoms with E-state index in [1.807, 2.05) is 30.3 Å². The molecule has 5 heteroatoms. The second kappa shape index (κ2) is 8.34. The maximum atomic E-state index is 12.1. The average Bonchev–Trinajstić information content (AvgIpc) is 2.55. The van der Waals surface area contributed by atoms with Crippen LogP contribution in [0.3, 0.4) is 0 Å². The van der Waals surface area contributed by atoms with E-state index >= 15 is 0 Å². The minimum absolute atomic E-state index is 0.0270. The van der Waals surface area contributed by atoms with Crippen molar-refractivity contribution in [3.63, 3.8) is 0 Å². The van der Waals surface area contributed by atoms with E-state index in [0.29, 0.717) is 30.2 Å². The zero-order valence-corrected chi connectivity index (χ0v) is 13.7. The van der Waals surface area contributed by atoms with E-state index in [2.05, 4.69) is 5.32 Å². The Kier molecular flexibility index (Phi) is 6.18. The number of benzene rings is 2. The lowest BCUT2D eigenvalue weighted by Gasteiger charge is -2.21. The van der Waals surface area contributed by atoms with Crippen molar-refractivity contribution in [3.05, 3.63) is 70.7 Å². The molecule has 23 heavy (non-hydrogen) atoms. The molecule has 2 amide bonds. The highest BCUT2D eigenvalue weighted by molar-refractivity contribution is 6.33. The summed E-state index contributed by atoms with van der Waals surface area (Å²) in [6.07, 6.45) is 0. The number of hydrogen-bond donors (Lipinski definition) is 1. The predicted octanol–water partition coefficient (Wildman–Crippen LogP) is 3.12. The third-order valence-corrected chi connectivity index (χ3v) is 3.78. The maximum Gasteiger partial charge on any atom is 0.252 e. The van der Waals surface area contributed by atoms with Crippen LogP contribution in [0.2, 0.25) is 5.02 Å². The van der Waals surface area contributed by atoms with Crippen LogP contribution in [0.25, 0.3) is 0 Å². The van der Waals surface area contributed by atoms with Gasteiger partial charge in [-0.1, -0.05) is 54.1 Å². The first kappa shape index (κ1) is 17.0. The standard InChI is InChI=1S/C18H19ClN2O2/c1-14(22)21(13-15-7-3-2-4-8-15)12-11-20-18(23)16-9-5-6-10-17(16)19/h2-10H,11-13H2,1H3,(H,20,23). The molecule has 2 rings (SSSR count). The van der Waals surface area contributed by atoms with Gasteiger partial charge in [-0.2, -0.15) is 0 Å². The molecule has 0 aromatic heterocycles. The molecule has 0 heterocycles. The lowest BCUT2D eigenvalue weighted by atomic mass is 10.2. The van der Waals surface area contributed by atoms with Gasteiger partial charge in [0.2, 0.25) is 5.91 Å². The molecule has 120 valence electrons.